The van der Waals surface area contributed by atoms with Gasteiger partial charge in [-0.2, -0.15) is 0 Å². The highest BCUT2D eigenvalue weighted by Gasteiger charge is 2.19. The number of nitrogens with one attached hydrogen (secondary N) is 1. The smallest absolute Gasteiger partial charge is 0.338 e. The standard InChI is InChI=1S/C17H14ClN5O3/c1-11(16(24)20-14-4-2-3-13(18)9-14)26-17(25)12-5-7-15(8-6-12)23-10-19-21-22-23/h2-11H,1H3,(H,20,24)/t11-/m1/s1. The molecular formula is C17H14ClN5O3. The zero-order chi connectivity index (χ0) is 18.5. The molecule has 8 nitrogen and oxygen atoms in total. The molecule has 0 unspecified atom stereocenters. The van der Waals surface area contributed by atoms with Gasteiger partial charge in [-0.25, -0.2) is 9.48 Å². The SMILES string of the molecule is C[C@@H](OC(=O)c1ccc(-n2cnnn2)cc1)C(=O)Nc1cccc(Cl)c1. The van der Waals surface area contributed by atoms with Crippen molar-refractivity contribution in [1.82, 2.24) is 20.2 Å². The minimum Gasteiger partial charge on any atom is -0.449 e. The van der Waals surface area contributed by atoms with Crippen LogP contribution in [-0.2, 0) is 9.53 Å². The van der Waals surface area contributed by atoms with Gasteiger partial charge in [0.2, 0.25) is 0 Å². The van der Waals surface area contributed by atoms with Crippen LogP contribution in [0.1, 0.15) is 17.3 Å². The minimum absolute atomic E-state index is 0.309. The molecule has 26 heavy (non-hydrogen) atoms. The topological polar surface area (TPSA) is 99.0 Å². The number of anilines is 1. The van der Waals surface area contributed by atoms with Crippen LogP contribution in [0.25, 0.3) is 5.69 Å². The first-order valence-electron chi connectivity index (χ1n) is 7.64. The first-order chi connectivity index (χ1) is 12.5. The van der Waals surface area contributed by atoms with Gasteiger partial charge in [-0.05, 0) is 59.8 Å². The number of esters is 1. The third kappa shape index (κ3) is 4.22. The van der Waals surface area contributed by atoms with Crippen LogP contribution in [0.15, 0.2) is 54.9 Å². The van der Waals surface area contributed by atoms with Crippen LogP contribution in [0.4, 0.5) is 5.69 Å². The summed E-state index contributed by atoms with van der Waals surface area (Å²) in [6.45, 7) is 1.49. The van der Waals surface area contributed by atoms with Gasteiger partial charge in [0.1, 0.15) is 6.33 Å². The van der Waals surface area contributed by atoms with Crippen molar-refractivity contribution in [3.63, 3.8) is 0 Å². The number of hydrogen-bond donors (Lipinski definition) is 1. The molecule has 0 fully saturated rings. The maximum absolute atomic E-state index is 12.2. The molecule has 1 heterocycles. The number of aromatic nitrogens is 4. The lowest BCUT2D eigenvalue weighted by atomic mass is 10.2. The Morgan fingerprint density at radius 1 is 1.19 bits per heavy atom. The second kappa shape index (κ2) is 7.75. The molecule has 0 bridgehead atoms. The fourth-order valence-electron chi connectivity index (χ4n) is 2.12. The zero-order valence-electron chi connectivity index (χ0n) is 13.7. The van der Waals surface area contributed by atoms with E-state index in [2.05, 4.69) is 20.8 Å². The van der Waals surface area contributed by atoms with E-state index in [0.717, 1.165) is 0 Å². The molecule has 0 saturated carbocycles. The van der Waals surface area contributed by atoms with E-state index in [0.29, 0.717) is 22.0 Å². The van der Waals surface area contributed by atoms with Crippen LogP contribution in [0.2, 0.25) is 5.02 Å². The Bertz CT molecular complexity index is 912. The molecule has 3 rings (SSSR count). The second-order valence-electron chi connectivity index (χ2n) is 5.35. The largest absolute Gasteiger partial charge is 0.449 e. The first kappa shape index (κ1) is 17.6. The molecule has 132 valence electrons. The van der Waals surface area contributed by atoms with Gasteiger partial charge < -0.3 is 10.1 Å². The predicted octanol–water partition coefficient (Wildman–Crippen LogP) is 2.50. The fraction of sp³-hybridized carbons (Fsp3) is 0.118. The monoisotopic (exact) mass is 371 g/mol. The molecule has 1 aromatic heterocycles. The van der Waals surface area contributed by atoms with Gasteiger partial charge in [-0.3, -0.25) is 4.79 Å². The average Bonchev–Trinajstić information content (AvgIpc) is 3.16. The zero-order valence-corrected chi connectivity index (χ0v) is 14.4. The lowest BCUT2D eigenvalue weighted by molar-refractivity contribution is -0.123. The van der Waals surface area contributed by atoms with E-state index in [1.165, 1.54) is 17.9 Å². The summed E-state index contributed by atoms with van der Waals surface area (Å²) in [5, 5.41) is 14.0. The van der Waals surface area contributed by atoms with Gasteiger partial charge in [0.25, 0.3) is 5.91 Å². The molecule has 3 aromatic rings. The molecule has 0 aliphatic carbocycles. The second-order valence-corrected chi connectivity index (χ2v) is 5.78. The average molecular weight is 372 g/mol. The van der Waals surface area contributed by atoms with E-state index >= 15 is 0 Å². The summed E-state index contributed by atoms with van der Waals surface area (Å²) in [6.07, 6.45) is 0.468. The number of rotatable bonds is 5. The number of amides is 1. The summed E-state index contributed by atoms with van der Waals surface area (Å²) in [5.74, 6) is -1.06. The molecule has 2 aromatic carbocycles. The summed E-state index contributed by atoms with van der Waals surface area (Å²) in [5.41, 5.74) is 1.53. The highest BCUT2D eigenvalue weighted by molar-refractivity contribution is 6.30. The lowest BCUT2D eigenvalue weighted by Crippen LogP contribution is -2.30. The molecule has 1 atom stereocenters. The molecule has 0 aliphatic heterocycles. The highest BCUT2D eigenvalue weighted by atomic mass is 35.5. The number of carbonyl (C=O) groups is 2. The van der Waals surface area contributed by atoms with E-state index in [1.54, 1.807) is 48.5 Å². The Morgan fingerprint density at radius 2 is 1.96 bits per heavy atom. The molecule has 1 amide bonds. The van der Waals surface area contributed by atoms with Crippen LogP contribution >= 0.6 is 11.6 Å². The van der Waals surface area contributed by atoms with E-state index in [4.69, 9.17) is 16.3 Å². The van der Waals surface area contributed by atoms with Crippen molar-refractivity contribution in [1.29, 1.82) is 0 Å². The Hall–Kier alpha value is -3.26. The Morgan fingerprint density at radius 3 is 2.62 bits per heavy atom. The number of tetrazole rings is 1. The molecule has 0 saturated heterocycles. The number of nitrogens with zero attached hydrogens (tertiary/aromatic N) is 4. The highest BCUT2D eigenvalue weighted by Crippen LogP contribution is 2.16. The Kier molecular flexibility index (Phi) is 5.23. The third-order valence-corrected chi connectivity index (χ3v) is 3.70. The van der Waals surface area contributed by atoms with Crippen molar-refractivity contribution in [2.45, 2.75) is 13.0 Å². The van der Waals surface area contributed by atoms with Gasteiger partial charge in [-0.1, -0.05) is 17.7 Å². The summed E-state index contributed by atoms with van der Waals surface area (Å²) >= 11 is 5.87. The van der Waals surface area contributed by atoms with Crippen molar-refractivity contribution in [2.75, 3.05) is 5.32 Å². The summed E-state index contributed by atoms with van der Waals surface area (Å²) < 4.78 is 6.65. The lowest BCUT2D eigenvalue weighted by Gasteiger charge is -2.14. The molecule has 0 aliphatic rings. The first-order valence-corrected chi connectivity index (χ1v) is 8.01. The van der Waals surface area contributed by atoms with Crippen LogP contribution < -0.4 is 5.32 Å². The molecular weight excluding hydrogens is 358 g/mol. The number of benzene rings is 2. The number of halogens is 1. The molecule has 0 radical (unpaired) electrons. The van der Waals surface area contributed by atoms with Crippen molar-refractivity contribution in [3.05, 3.63) is 65.4 Å². The van der Waals surface area contributed by atoms with Crippen LogP contribution in [-0.4, -0.2) is 38.2 Å². The number of hydrogen-bond acceptors (Lipinski definition) is 6. The van der Waals surface area contributed by atoms with Gasteiger partial charge in [0.15, 0.2) is 6.10 Å². The van der Waals surface area contributed by atoms with Crippen molar-refractivity contribution in [2.24, 2.45) is 0 Å². The summed E-state index contributed by atoms with van der Waals surface area (Å²) in [6, 6.07) is 13.2. The molecule has 0 spiro atoms. The van der Waals surface area contributed by atoms with Gasteiger partial charge in [0.05, 0.1) is 11.3 Å². The van der Waals surface area contributed by atoms with Crippen LogP contribution in [0.5, 0.6) is 0 Å². The van der Waals surface area contributed by atoms with Gasteiger partial charge in [-0.15, -0.1) is 5.10 Å². The fourth-order valence-corrected chi connectivity index (χ4v) is 2.31. The number of ether oxygens (including phenoxy) is 1. The van der Waals surface area contributed by atoms with E-state index in [-0.39, 0.29) is 0 Å². The van der Waals surface area contributed by atoms with E-state index in [1.807, 2.05) is 0 Å². The van der Waals surface area contributed by atoms with Gasteiger partial charge >= 0.3 is 5.97 Å². The quantitative estimate of drug-likeness (QED) is 0.692. The maximum Gasteiger partial charge on any atom is 0.338 e. The van der Waals surface area contributed by atoms with Gasteiger partial charge in [0, 0.05) is 10.7 Å². The Balaban J connectivity index is 1.60. The Labute approximate surface area is 153 Å². The maximum atomic E-state index is 12.2. The summed E-state index contributed by atoms with van der Waals surface area (Å²) in [4.78, 5) is 24.3. The number of carbonyl (C=O) groups excluding carboxylic acids is 2. The van der Waals surface area contributed by atoms with Crippen LogP contribution in [0, 0.1) is 0 Å². The van der Waals surface area contributed by atoms with Crippen molar-refractivity contribution in [3.8, 4) is 5.69 Å². The van der Waals surface area contributed by atoms with Crippen LogP contribution in [0.3, 0.4) is 0 Å². The normalized spacial score (nSPS) is 11.6. The minimum atomic E-state index is -0.972. The third-order valence-electron chi connectivity index (χ3n) is 3.46. The van der Waals surface area contributed by atoms with Crippen molar-refractivity contribution >= 4 is 29.2 Å². The van der Waals surface area contributed by atoms with E-state index in [9.17, 15) is 9.59 Å². The van der Waals surface area contributed by atoms with Crippen molar-refractivity contribution < 1.29 is 14.3 Å². The predicted molar refractivity (Wildman–Crippen MR) is 94.1 cm³/mol. The van der Waals surface area contributed by atoms with E-state index < -0.39 is 18.0 Å². The molecule has 1 N–H and O–H groups in total. The molecule has 9 heteroatoms. The summed E-state index contributed by atoms with van der Waals surface area (Å²) in [7, 11) is 0.